The van der Waals surface area contributed by atoms with Gasteiger partial charge < -0.3 is 0 Å². The predicted octanol–water partition coefficient (Wildman–Crippen LogP) is 4.59. The van der Waals surface area contributed by atoms with Gasteiger partial charge in [-0.1, -0.05) is 23.2 Å². The van der Waals surface area contributed by atoms with Gasteiger partial charge in [0.15, 0.2) is 5.82 Å². The molecule has 0 atom stereocenters. The van der Waals surface area contributed by atoms with Crippen molar-refractivity contribution in [2.75, 3.05) is 0 Å². The predicted molar refractivity (Wildman–Crippen MR) is 66.1 cm³/mol. The second kappa shape index (κ2) is 3.54. The van der Waals surface area contributed by atoms with Crippen LogP contribution >= 0.6 is 46.1 Å². The fourth-order valence-corrected chi connectivity index (χ4v) is 2.49. The highest BCUT2D eigenvalue weighted by Gasteiger charge is 2.14. The molecule has 0 amide bonds. The zero-order valence-electron chi connectivity index (χ0n) is 7.11. The number of hydrogen-bond acceptors (Lipinski definition) is 0. The average Bonchev–Trinajstić information content (AvgIpc) is 2.41. The summed E-state index contributed by atoms with van der Waals surface area (Å²) in [5.74, 6) is -0.423. The number of hydrogen-bond donors (Lipinski definition) is 0. The van der Waals surface area contributed by atoms with Crippen LogP contribution in [0.4, 0.5) is 4.39 Å². The molecule has 0 aliphatic carbocycles. The van der Waals surface area contributed by atoms with Crippen molar-refractivity contribution in [1.82, 2.24) is 2.78 Å². The summed E-state index contributed by atoms with van der Waals surface area (Å²) in [6.07, 6.45) is 0. The van der Waals surface area contributed by atoms with Crippen molar-refractivity contribution in [2.24, 2.45) is 0 Å². The Balaban J connectivity index is 3.03. The van der Waals surface area contributed by atoms with Crippen molar-refractivity contribution in [3.05, 3.63) is 33.7 Å². The summed E-state index contributed by atoms with van der Waals surface area (Å²) >= 11 is 13.7. The Morgan fingerprint density at radius 2 is 1.93 bits per heavy atom. The second-order valence-electron chi connectivity index (χ2n) is 2.98. The maximum Gasteiger partial charge on any atom is 0.166 e. The van der Waals surface area contributed by atoms with E-state index >= 15 is 0 Å². The maximum absolute atomic E-state index is 13.6. The van der Waals surface area contributed by atoms with Crippen LogP contribution in [-0.4, -0.2) is 2.78 Å². The molecule has 74 valence electrons. The minimum absolute atomic E-state index is 0.0542. The fraction of sp³-hybridized carbons (Fsp3) is 0.111. The summed E-state index contributed by atoms with van der Waals surface area (Å²) in [5.41, 5.74) is 1.38. The molecule has 14 heavy (non-hydrogen) atoms. The molecule has 1 aromatic heterocycles. The molecule has 0 fully saturated rings. The van der Waals surface area contributed by atoms with E-state index in [0.29, 0.717) is 15.9 Å². The van der Waals surface area contributed by atoms with Crippen LogP contribution in [0.3, 0.4) is 0 Å². The van der Waals surface area contributed by atoms with E-state index in [1.54, 1.807) is 2.78 Å². The Bertz CT molecular complexity index is 521. The number of aryl methyl sites for hydroxylation is 1. The summed E-state index contributed by atoms with van der Waals surface area (Å²) in [7, 11) is 0. The lowest BCUT2D eigenvalue weighted by Crippen LogP contribution is -1.86. The summed E-state index contributed by atoms with van der Waals surface area (Å²) in [6, 6.07) is 3.26. The third-order valence-corrected chi connectivity index (χ3v) is 3.87. The topological polar surface area (TPSA) is 4.93 Å². The van der Waals surface area contributed by atoms with Crippen LogP contribution in [0.2, 0.25) is 10.0 Å². The van der Waals surface area contributed by atoms with Gasteiger partial charge in [0.1, 0.15) is 0 Å². The Morgan fingerprint density at radius 1 is 1.29 bits per heavy atom. The molecule has 5 heteroatoms. The van der Waals surface area contributed by atoms with Gasteiger partial charge in [0.05, 0.1) is 38.4 Å². The van der Waals surface area contributed by atoms with Crippen LogP contribution in [0.1, 0.15) is 5.69 Å². The molecule has 0 bridgehead atoms. The number of halogens is 4. The molecular weight excluding hydrogens is 339 g/mol. The first kappa shape index (κ1) is 10.5. The van der Waals surface area contributed by atoms with Crippen molar-refractivity contribution in [1.29, 1.82) is 0 Å². The Labute approximate surface area is 104 Å². The van der Waals surface area contributed by atoms with Crippen molar-refractivity contribution >= 4 is 57.0 Å². The van der Waals surface area contributed by atoms with Gasteiger partial charge in [0.2, 0.25) is 0 Å². The summed E-state index contributed by atoms with van der Waals surface area (Å²) in [4.78, 5) is 0. The van der Waals surface area contributed by atoms with Crippen LogP contribution in [0, 0.1) is 12.7 Å². The molecule has 0 unspecified atom stereocenters. The zero-order valence-corrected chi connectivity index (χ0v) is 10.8. The van der Waals surface area contributed by atoms with E-state index in [1.807, 2.05) is 35.9 Å². The monoisotopic (exact) mass is 343 g/mol. The highest BCUT2D eigenvalue weighted by atomic mass is 127. The molecule has 0 radical (unpaired) electrons. The fourth-order valence-electron chi connectivity index (χ4n) is 1.37. The lowest BCUT2D eigenvalue weighted by Gasteiger charge is -2.01. The number of nitrogens with zero attached hydrogens (tertiary/aromatic N) is 1. The molecular formula is C9H5Cl2FIN. The van der Waals surface area contributed by atoms with Gasteiger partial charge in [-0.3, -0.25) is 2.78 Å². The standard InChI is InChI=1S/C9H5Cl2FIN/c1-4-2-5-6(10)3-7(11)8(12)9(5)14(4)13/h2-3H,1H3. The van der Waals surface area contributed by atoms with Crippen molar-refractivity contribution < 1.29 is 4.39 Å². The van der Waals surface area contributed by atoms with Gasteiger partial charge in [-0.25, -0.2) is 4.39 Å². The van der Waals surface area contributed by atoms with Crippen molar-refractivity contribution in [3.8, 4) is 0 Å². The number of aromatic nitrogens is 1. The zero-order chi connectivity index (χ0) is 10.5. The lowest BCUT2D eigenvalue weighted by atomic mass is 10.2. The van der Waals surface area contributed by atoms with Crippen LogP contribution in [0.5, 0.6) is 0 Å². The van der Waals surface area contributed by atoms with Crippen molar-refractivity contribution in [3.63, 3.8) is 0 Å². The summed E-state index contributed by atoms with van der Waals surface area (Å²) in [6.45, 7) is 1.89. The normalized spacial score (nSPS) is 11.2. The van der Waals surface area contributed by atoms with Crippen LogP contribution < -0.4 is 0 Å². The Kier molecular flexibility index (Phi) is 2.66. The minimum atomic E-state index is -0.423. The average molecular weight is 344 g/mol. The van der Waals surface area contributed by atoms with Gasteiger partial charge in [-0.15, -0.1) is 0 Å². The minimum Gasteiger partial charge on any atom is -0.284 e. The highest BCUT2D eigenvalue weighted by Crippen LogP contribution is 2.34. The molecule has 0 saturated carbocycles. The molecule has 0 spiro atoms. The number of fused-ring (bicyclic) bond motifs is 1. The first-order valence-corrected chi connectivity index (χ1v) is 5.56. The molecule has 1 nitrogen and oxygen atoms in total. The Hall–Kier alpha value is 0. The lowest BCUT2D eigenvalue weighted by molar-refractivity contribution is 0.637. The highest BCUT2D eigenvalue weighted by molar-refractivity contribution is 14.1. The molecule has 0 saturated heterocycles. The van der Waals surface area contributed by atoms with Gasteiger partial charge >= 0.3 is 0 Å². The quantitative estimate of drug-likeness (QED) is 0.487. The number of benzene rings is 1. The maximum atomic E-state index is 13.6. The van der Waals surface area contributed by atoms with E-state index in [2.05, 4.69) is 0 Å². The van der Waals surface area contributed by atoms with E-state index in [9.17, 15) is 4.39 Å². The largest absolute Gasteiger partial charge is 0.284 e. The third kappa shape index (κ3) is 1.42. The van der Waals surface area contributed by atoms with Gasteiger partial charge in [-0.05, 0) is 19.1 Å². The first-order valence-electron chi connectivity index (χ1n) is 3.84. The van der Waals surface area contributed by atoms with Crippen LogP contribution in [0.25, 0.3) is 10.9 Å². The van der Waals surface area contributed by atoms with Gasteiger partial charge in [0.25, 0.3) is 0 Å². The van der Waals surface area contributed by atoms with Crippen LogP contribution in [0.15, 0.2) is 12.1 Å². The second-order valence-corrected chi connectivity index (χ2v) is 4.76. The van der Waals surface area contributed by atoms with Gasteiger partial charge in [-0.2, -0.15) is 0 Å². The molecule has 2 aromatic rings. The summed E-state index contributed by atoms with van der Waals surface area (Å²) < 4.78 is 15.3. The molecule has 0 aliphatic heterocycles. The molecule has 1 heterocycles. The first-order chi connectivity index (χ1) is 6.52. The number of rotatable bonds is 0. The molecule has 0 aliphatic rings. The Morgan fingerprint density at radius 3 is 2.57 bits per heavy atom. The van der Waals surface area contributed by atoms with Crippen molar-refractivity contribution in [2.45, 2.75) is 6.92 Å². The van der Waals surface area contributed by atoms with Crippen LogP contribution in [-0.2, 0) is 0 Å². The van der Waals surface area contributed by atoms with E-state index in [-0.39, 0.29) is 5.02 Å². The van der Waals surface area contributed by atoms with Gasteiger partial charge in [0, 0.05) is 11.1 Å². The third-order valence-electron chi connectivity index (χ3n) is 2.04. The van der Waals surface area contributed by atoms with E-state index in [0.717, 1.165) is 5.69 Å². The molecule has 2 rings (SSSR count). The smallest absolute Gasteiger partial charge is 0.166 e. The van der Waals surface area contributed by atoms with E-state index < -0.39 is 5.82 Å². The van der Waals surface area contributed by atoms with E-state index in [4.69, 9.17) is 23.2 Å². The van der Waals surface area contributed by atoms with E-state index in [1.165, 1.54) is 6.07 Å². The molecule has 0 N–H and O–H groups in total. The molecule has 1 aromatic carbocycles. The SMILES string of the molecule is Cc1cc2c(Cl)cc(Cl)c(F)c2n1I. The summed E-state index contributed by atoms with van der Waals surface area (Å²) in [5, 5.41) is 1.23.